The fraction of sp³-hybridized carbons (Fsp3) is 0.267. The molecule has 6 heteroatoms. The third kappa shape index (κ3) is 1.91. The zero-order chi connectivity index (χ0) is 14.4. The van der Waals surface area contributed by atoms with Crippen LogP contribution in [0.3, 0.4) is 0 Å². The average molecular weight is 281 g/mol. The first kappa shape index (κ1) is 12.1. The summed E-state index contributed by atoms with van der Waals surface area (Å²) < 4.78 is 1.75. The SMILES string of the molecule is Cn1ncc2c1N=C1N(CC(=O)N1Cc1ccccc1)C2. The third-order valence-electron chi connectivity index (χ3n) is 3.88. The number of amides is 1. The molecule has 3 heterocycles. The molecule has 0 saturated carbocycles. The van der Waals surface area contributed by atoms with Crippen molar-refractivity contribution in [2.24, 2.45) is 12.0 Å². The number of aryl methyl sites for hydroxylation is 1. The number of aliphatic imine (C=N–C) groups is 1. The fourth-order valence-electron chi connectivity index (χ4n) is 2.82. The molecule has 6 nitrogen and oxygen atoms in total. The topological polar surface area (TPSA) is 53.7 Å². The molecular weight excluding hydrogens is 266 g/mol. The molecule has 1 aromatic heterocycles. The van der Waals surface area contributed by atoms with Crippen molar-refractivity contribution in [1.82, 2.24) is 19.6 Å². The van der Waals surface area contributed by atoms with Gasteiger partial charge in [0.1, 0.15) is 6.54 Å². The number of hydrogen-bond donors (Lipinski definition) is 0. The molecule has 1 amide bonds. The van der Waals surface area contributed by atoms with E-state index in [4.69, 9.17) is 0 Å². The first-order chi connectivity index (χ1) is 10.2. The van der Waals surface area contributed by atoms with Crippen molar-refractivity contribution < 1.29 is 4.79 Å². The van der Waals surface area contributed by atoms with E-state index in [1.165, 1.54) is 0 Å². The van der Waals surface area contributed by atoms with Crippen molar-refractivity contribution in [3.05, 3.63) is 47.7 Å². The minimum absolute atomic E-state index is 0.0957. The summed E-state index contributed by atoms with van der Waals surface area (Å²) in [7, 11) is 1.87. The highest BCUT2D eigenvalue weighted by Crippen LogP contribution is 2.29. The normalized spacial score (nSPS) is 16.8. The van der Waals surface area contributed by atoms with Crippen molar-refractivity contribution in [2.75, 3.05) is 6.54 Å². The first-order valence-electron chi connectivity index (χ1n) is 6.91. The lowest BCUT2D eigenvalue weighted by Crippen LogP contribution is -2.35. The summed E-state index contributed by atoms with van der Waals surface area (Å²) in [5, 5.41) is 4.23. The number of nitrogens with zero attached hydrogens (tertiary/aromatic N) is 5. The second-order valence-electron chi connectivity index (χ2n) is 5.35. The molecular formula is C15H15N5O. The minimum atomic E-state index is 0.0957. The second kappa shape index (κ2) is 4.44. The van der Waals surface area contributed by atoms with Gasteiger partial charge in [0.2, 0.25) is 11.9 Å². The lowest BCUT2D eigenvalue weighted by Gasteiger charge is -2.25. The van der Waals surface area contributed by atoms with Gasteiger partial charge in [0.15, 0.2) is 5.82 Å². The molecule has 0 unspecified atom stereocenters. The summed E-state index contributed by atoms with van der Waals surface area (Å²) in [6.45, 7) is 1.64. The highest BCUT2D eigenvalue weighted by molar-refractivity contribution is 6.05. The monoisotopic (exact) mass is 281 g/mol. The molecule has 0 atom stereocenters. The van der Waals surface area contributed by atoms with Crippen molar-refractivity contribution in [3.63, 3.8) is 0 Å². The molecule has 0 N–H and O–H groups in total. The van der Waals surface area contributed by atoms with Crippen LogP contribution in [-0.2, 0) is 24.9 Å². The number of guanidine groups is 1. The molecule has 0 bridgehead atoms. The van der Waals surface area contributed by atoms with E-state index in [-0.39, 0.29) is 5.91 Å². The van der Waals surface area contributed by atoms with Crippen molar-refractivity contribution in [1.29, 1.82) is 0 Å². The molecule has 0 radical (unpaired) electrons. The first-order valence-corrected chi connectivity index (χ1v) is 6.91. The van der Waals surface area contributed by atoms with Crippen LogP contribution in [0.1, 0.15) is 11.1 Å². The summed E-state index contributed by atoms with van der Waals surface area (Å²) >= 11 is 0. The van der Waals surface area contributed by atoms with Gasteiger partial charge in [-0.2, -0.15) is 10.1 Å². The van der Waals surface area contributed by atoms with Gasteiger partial charge in [-0.25, -0.2) is 0 Å². The third-order valence-corrected chi connectivity index (χ3v) is 3.88. The second-order valence-corrected chi connectivity index (χ2v) is 5.35. The zero-order valence-corrected chi connectivity index (χ0v) is 11.7. The zero-order valence-electron chi connectivity index (χ0n) is 11.7. The van der Waals surface area contributed by atoms with Crippen LogP contribution < -0.4 is 0 Å². The van der Waals surface area contributed by atoms with Crippen LogP contribution in [0.4, 0.5) is 5.82 Å². The summed E-state index contributed by atoms with van der Waals surface area (Å²) in [6.07, 6.45) is 1.82. The van der Waals surface area contributed by atoms with E-state index in [0.717, 1.165) is 22.9 Å². The van der Waals surface area contributed by atoms with E-state index in [9.17, 15) is 4.79 Å². The Morgan fingerprint density at radius 2 is 2.00 bits per heavy atom. The molecule has 2 aliphatic rings. The Bertz CT molecular complexity index is 734. The van der Waals surface area contributed by atoms with Crippen LogP contribution in [0.2, 0.25) is 0 Å². The maximum absolute atomic E-state index is 12.3. The molecule has 0 spiro atoms. The van der Waals surface area contributed by atoms with E-state index in [0.29, 0.717) is 19.6 Å². The van der Waals surface area contributed by atoms with Crippen LogP contribution in [0.25, 0.3) is 0 Å². The molecule has 106 valence electrons. The van der Waals surface area contributed by atoms with Crippen LogP contribution in [-0.4, -0.2) is 38.0 Å². The van der Waals surface area contributed by atoms with Gasteiger partial charge in [0.25, 0.3) is 0 Å². The Morgan fingerprint density at radius 3 is 2.81 bits per heavy atom. The number of hydrogen-bond acceptors (Lipinski definition) is 4. The molecule has 1 aromatic carbocycles. The highest BCUT2D eigenvalue weighted by atomic mass is 16.2. The Labute approximate surface area is 122 Å². The molecule has 21 heavy (non-hydrogen) atoms. The Kier molecular flexibility index (Phi) is 2.57. The average Bonchev–Trinajstić information content (AvgIpc) is 3.00. The predicted octanol–water partition coefficient (Wildman–Crippen LogP) is 1.27. The van der Waals surface area contributed by atoms with Crippen molar-refractivity contribution >= 4 is 17.7 Å². The lowest BCUT2D eigenvalue weighted by atomic mass is 10.2. The number of carbonyl (C=O) groups is 1. The van der Waals surface area contributed by atoms with Gasteiger partial charge >= 0.3 is 0 Å². The maximum Gasteiger partial charge on any atom is 0.249 e. The van der Waals surface area contributed by atoms with Gasteiger partial charge in [-0.3, -0.25) is 14.4 Å². The Morgan fingerprint density at radius 1 is 1.19 bits per heavy atom. The van der Waals surface area contributed by atoms with E-state index >= 15 is 0 Å². The predicted molar refractivity (Wildman–Crippen MR) is 77.7 cm³/mol. The Hall–Kier alpha value is -2.63. The molecule has 2 aliphatic heterocycles. The van der Waals surface area contributed by atoms with Gasteiger partial charge in [0.05, 0.1) is 19.3 Å². The summed E-state index contributed by atoms with van der Waals surface area (Å²) in [6, 6.07) is 9.98. The van der Waals surface area contributed by atoms with E-state index in [2.05, 4.69) is 10.1 Å². The summed E-state index contributed by atoms with van der Waals surface area (Å²) in [4.78, 5) is 20.7. The van der Waals surface area contributed by atoms with E-state index in [1.54, 1.807) is 9.58 Å². The number of benzene rings is 1. The van der Waals surface area contributed by atoms with Crippen LogP contribution in [0.5, 0.6) is 0 Å². The Balaban J connectivity index is 1.70. The van der Waals surface area contributed by atoms with Gasteiger partial charge in [-0.15, -0.1) is 0 Å². The molecule has 2 aromatic rings. The molecule has 4 rings (SSSR count). The van der Waals surface area contributed by atoms with Gasteiger partial charge in [0, 0.05) is 12.6 Å². The van der Waals surface area contributed by atoms with E-state index in [1.807, 2.05) is 48.5 Å². The number of fused-ring (bicyclic) bond motifs is 2. The van der Waals surface area contributed by atoms with Gasteiger partial charge < -0.3 is 4.90 Å². The fourth-order valence-corrected chi connectivity index (χ4v) is 2.82. The smallest absolute Gasteiger partial charge is 0.249 e. The molecule has 1 saturated heterocycles. The molecule has 1 fully saturated rings. The lowest BCUT2D eigenvalue weighted by molar-refractivity contribution is -0.125. The quantitative estimate of drug-likeness (QED) is 0.833. The van der Waals surface area contributed by atoms with Crippen molar-refractivity contribution in [2.45, 2.75) is 13.1 Å². The largest absolute Gasteiger partial charge is 0.328 e. The van der Waals surface area contributed by atoms with Crippen LogP contribution in [0.15, 0.2) is 41.5 Å². The standard InChI is InChI=1S/C15H15N5O/c1-18-14-12(7-16-18)9-19-10-13(21)20(15(19)17-14)8-11-5-3-2-4-6-11/h2-7H,8-10H2,1H3. The van der Waals surface area contributed by atoms with Crippen molar-refractivity contribution in [3.8, 4) is 0 Å². The number of rotatable bonds is 2. The summed E-state index contributed by atoms with van der Waals surface area (Å²) in [5.74, 6) is 1.67. The number of aromatic nitrogens is 2. The van der Waals surface area contributed by atoms with Gasteiger partial charge in [-0.05, 0) is 5.56 Å². The maximum atomic E-state index is 12.3. The number of carbonyl (C=O) groups excluding carboxylic acids is 1. The van der Waals surface area contributed by atoms with E-state index < -0.39 is 0 Å². The van der Waals surface area contributed by atoms with Gasteiger partial charge in [-0.1, -0.05) is 30.3 Å². The van der Waals surface area contributed by atoms with Crippen LogP contribution in [0, 0.1) is 0 Å². The molecule has 0 aliphatic carbocycles. The highest BCUT2D eigenvalue weighted by Gasteiger charge is 2.37. The van der Waals surface area contributed by atoms with Crippen LogP contribution >= 0.6 is 0 Å². The minimum Gasteiger partial charge on any atom is -0.328 e. The summed E-state index contributed by atoms with van der Waals surface area (Å²) in [5.41, 5.74) is 2.17.